The Labute approximate surface area is 76.5 Å². The Morgan fingerprint density at radius 2 is 1.92 bits per heavy atom. The molecule has 2 heteroatoms. The zero-order valence-electron chi connectivity index (χ0n) is 8.71. The molecule has 12 heavy (non-hydrogen) atoms. The summed E-state index contributed by atoms with van der Waals surface area (Å²) in [5.74, 6) is 0. The molecule has 0 aromatic heterocycles. The number of likely N-dealkylation sites (tertiary alicyclic amines) is 1. The Kier molecular flexibility index (Phi) is 4.02. The average molecular weight is 170 g/mol. The first-order chi connectivity index (χ1) is 5.81. The number of likely N-dealkylation sites (N-methyl/N-ethyl adjacent to an activating group) is 2. The van der Waals surface area contributed by atoms with Crippen LogP contribution in [-0.2, 0) is 0 Å². The molecule has 1 unspecified atom stereocenters. The van der Waals surface area contributed by atoms with E-state index in [1.807, 2.05) is 0 Å². The molecule has 0 spiro atoms. The third-order valence-electron chi connectivity index (χ3n) is 3.02. The molecule has 0 aromatic rings. The normalized spacial score (nSPS) is 25.5. The highest BCUT2D eigenvalue weighted by atomic mass is 15.2. The van der Waals surface area contributed by atoms with Crippen LogP contribution in [0.3, 0.4) is 0 Å². The topological polar surface area (TPSA) is 6.48 Å². The molecule has 1 heterocycles. The SMILES string of the molecule is CCN1CCC(N(CC)CC)C1. The Bertz CT molecular complexity index is 121. The molecular weight excluding hydrogens is 148 g/mol. The Hall–Kier alpha value is -0.0800. The van der Waals surface area contributed by atoms with Gasteiger partial charge in [0.2, 0.25) is 0 Å². The standard InChI is InChI=1S/C10H22N2/c1-4-11-8-7-10(9-11)12(5-2)6-3/h10H,4-9H2,1-3H3. The highest BCUT2D eigenvalue weighted by molar-refractivity contribution is 4.81. The fourth-order valence-corrected chi connectivity index (χ4v) is 2.14. The summed E-state index contributed by atoms with van der Waals surface area (Å²) in [4.78, 5) is 5.12. The number of hydrogen-bond acceptors (Lipinski definition) is 2. The van der Waals surface area contributed by atoms with Crippen molar-refractivity contribution < 1.29 is 0 Å². The Morgan fingerprint density at radius 1 is 1.25 bits per heavy atom. The van der Waals surface area contributed by atoms with E-state index in [0.717, 1.165) is 6.04 Å². The zero-order valence-corrected chi connectivity index (χ0v) is 8.71. The van der Waals surface area contributed by atoms with Crippen molar-refractivity contribution in [3.63, 3.8) is 0 Å². The van der Waals surface area contributed by atoms with Gasteiger partial charge in [-0.1, -0.05) is 20.8 Å². The van der Waals surface area contributed by atoms with Gasteiger partial charge in [0.1, 0.15) is 0 Å². The van der Waals surface area contributed by atoms with Gasteiger partial charge in [0.05, 0.1) is 0 Å². The lowest BCUT2D eigenvalue weighted by molar-refractivity contribution is 0.213. The van der Waals surface area contributed by atoms with Crippen molar-refractivity contribution in [2.24, 2.45) is 0 Å². The lowest BCUT2D eigenvalue weighted by Gasteiger charge is -2.25. The molecule has 1 atom stereocenters. The minimum atomic E-state index is 0.833. The maximum atomic E-state index is 2.58. The molecule has 2 nitrogen and oxygen atoms in total. The van der Waals surface area contributed by atoms with Crippen molar-refractivity contribution in [3.05, 3.63) is 0 Å². The highest BCUT2D eigenvalue weighted by Gasteiger charge is 2.24. The zero-order chi connectivity index (χ0) is 8.97. The van der Waals surface area contributed by atoms with Crippen molar-refractivity contribution >= 4 is 0 Å². The second kappa shape index (κ2) is 4.83. The second-order valence-corrected chi connectivity index (χ2v) is 3.56. The summed E-state index contributed by atoms with van der Waals surface area (Å²) < 4.78 is 0. The molecule has 1 aliphatic rings. The molecule has 1 fully saturated rings. The monoisotopic (exact) mass is 170 g/mol. The van der Waals surface area contributed by atoms with Crippen molar-refractivity contribution in [3.8, 4) is 0 Å². The van der Waals surface area contributed by atoms with Gasteiger partial charge in [-0.15, -0.1) is 0 Å². The van der Waals surface area contributed by atoms with Crippen molar-refractivity contribution in [1.82, 2.24) is 9.80 Å². The smallest absolute Gasteiger partial charge is 0.0235 e. The second-order valence-electron chi connectivity index (χ2n) is 3.56. The fourth-order valence-electron chi connectivity index (χ4n) is 2.14. The van der Waals surface area contributed by atoms with Crippen LogP contribution in [-0.4, -0.2) is 48.6 Å². The summed E-state index contributed by atoms with van der Waals surface area (Å²) in [6.45, 7) is 13.0. The summed E-state index contributed by atoms with van der Waals surface area (Å²) in [7, 11) is 0. The van der Waals surface area contributed by atoms with Gasteiger partial charge in [0.15, 0.2) is 0 Å². The molecule has 1 aliphatic heterocycles. The van der Waals surface area contributed by atoms with E-state index in [0.29, 0.717) is 0 Å². The molecule has 0 saturated carbocycles. The predicted molar refractivity (Wildman–Crippen MR) is 53.4 cm³/mol. The van der Waals surface area contributed by atoms with Crippen molar-refractivity contribution in [2.75, 3.05) is 32.7 Å². The fraction of sp³-hybridized carbons (Fsp3) is 1.00. The summed E-state index contributed by atoms with van der Waals surface area (Å²) >= 11 is 0. The van der Waals surface area contributed by atoms with Gasteiger partial charge >= 0.3 is 0 Å². The van der Waals surface area contributed by atoms with Gasteiger partial charge in [0, 0.05) is 12.6 Å². The molecule has 0 aromatic carbocycles. The first kappa shape index (κ1) is 10.0. The van der Waals surface area contributed by atoms with E-state index < -0.39 is 0 Å². The minimum absolute atomic E-state index is 0.833. The maximum Gasteiger partial charge on any atom is 0.0235 e. The largest absolute Gasteiger partial charge is 0.302 e. The van der Waals surface area contributed by atoms with Gasteiger partial charge in [-0.3, -0.25) is 4.90 Å². The molecule has 0 N–H and O–H groups in total. The van der Waals surface area contributed by atoms with E-state index in [4.69, 9.17) is 0 Å². The van der Waals surface area contributed by atoms with E-state index in [1.54, 1.807) is 0 Å². The molecule has 1 saturated heterocycles. The maximum absolute atomic E-state index is 2.58. The van der Waals surface area contributed by atoms with Gasteiger partial charge in [-0.25, -0.2) is 0 Å². The van der Waals surface area contributed by atoms with Crippen LogP contribution >= 0.6 is 0 Å². The first-order valence-electron chi connectivity index (χ1n) is 5.28. The van der Waals surface area contributed by atoms with Crippen LogP contribution in [0, 0.1) is 0 Å². The lowest BCUT2D eigenvalue weighted by Crippen LogP contribution is -2.37. The van der Waals surface area contributed by atoms with Gasteiger partial charge in [-0.05, 0) is 32.6 Å². The molecule has 72 valence electrons. The van der Waals surface area contributed by atoms with Crippen LogP contribution in [0.15, 0.2) is 0 Å². The van der Waals surface area contributed by atoms with Crippen molar-refractivity contribution in [2.45, 2.75) is 33.2 Å². The number of hydrogen-bond donors (Lipinski definition) is 0. The molecule has 1 rings (SSSR count). The summed E-state index contributed by atoms with van der Waals surface area (Å²) in [5, 5.41) is 0. The van der Waals surface area contributed by atoms with Gasteiger partial charge < -0.3 is 4.90 Å². The van der Waals surface area contributed by atoms with Crippen LogP contribution < -0.4 is 0 Å². The van der Waals surface area contributed by atoms with E-state index >= 15 is 0 Å². The molecule has 0 amide bonds. The van der Waals surface area contributed by atoms with Crippen molar-refractivity contribution in [1.29, 1.82) is 0 Å². The lowest BCUT2D eigenvalue weighted by atomic mass is 10.2. The molecule has 0 bridgehead atoms. The van der Waals surface area contributed by atoms with Crippen LogP contribution in [0.4, 0.5) is 0 Å². The molecule has 0 radical (unpaired) electrons. The van der Waals surface area contributed by atoms with Crippen LogP contribution in [0.25, 0.3) is 0 Å². The number of rotatable bonds is 4. The third-order valence-corrected chi connectivity index (χ3v) is 3.02. The van der Waals surface area contributed by atoms with Gasteiger partial charge in [-0.2, -0.15) is 0 Å². The summed E-state index contributed by atoms with van der Waals surface area (Å²) in [5.41, 5.74) is 0. The van der Waals surface area contributed by atoms with E-state index in [9.17, 15) is 0 Å². The minimum Gasteiger partial charge on any atom is -0.302 e. The third kappa shape index (κ3) is 2.20. The van der Waals surface area contributed by atoms with E-state index in [1.165, 1.54) is 39.1 Å². The average Bonchev–Trinajstić information content (AvgIpc) is 2.55. The molecule has 0 aliphatic carbocycles. The Morgan fingerprint density at radius 3 is 2.33 bits per heavy atom. The summed E-state index contributed by atoms with van der Waals surface area (Å²) in [6, 6.07) is 0.833. The number of nitrogens with zero attached hydrogens (tertiary/aromatic N) is 2. The quantitative estimate of drug-likeness (QED) is 0.629. The van der Waals surface area contributed by atoms with Crippen LogP contribution in [0.2, 0.25) is 0 Å². The predicted octanol–water partition coefficient (Wildman–Crippen LogP) is 1.42. The van der Waals surface area contributed by atoms with Crippen LogP contribution in [0.1, 0.15) is 27.2 Å². The Balaban J connectivity index is 2.34. The molecular formula is C10H22N2. The van der Waals surface area contributed by atoms with Crippen LogP contribution in [0.5, 0.6) is 0 Å². The van der Waals surface area contributed by atoms with E-state index in [2.05, 4.69) is 30.6 Å². The summed E-state index contributed by atoms with van der Waals surface area (Å²) in [6.07, 6.45) is 1.37. The van der Waals surface area contributed by atoms with Gasteiger partial charge in [0.25, 0.3) is 0 Å². The first-order valence-corrected chi connectivity index (χ1v) is 5.28. The highest BCUT2D eigenvalue weighted by Crippen LogP contribution is 2.14. The van der Waals surface area contributed by atoms with E-state index in [-0.39, 0.29) is 0 Å².